The summed E-state index contributed by atoms with van der Waals surface area (Å²) >= 11 is 6.04. The van der Waals surface area contributed by atoms with Crippen LogP contribution in [0, 0.1) is 0 Å². The van der Waals surface area contributed by atoms with Gasteiger partial charge in [-0.15, -0.1) is 0 Å². The van der Waals surface area contributed by atoms with E-state index in [2.05, 4.69) is 15.2 Å². The fourth-order valence-electron chi connectivity index (χ4n) is 2.15. The largest absolute Gasteiger partial charge is 0.412 e. The molecule has 0 radical (unpaired) electrons. The number of nitrogens with one attached hydrogen (secondary N) is 1. The maximum Gasteiger partial charge on any atom is 0.138 e. The molecule has 3 N–H and O–H groups in total. The van der Waals surface area contributed by atoms with Crippen molar-refractivity contribution in [1.82, 2.24) is 14.4 Å². The zero-order chi connectivity index (χ0) is 11.0. The van der Waals surface area contributed by atoms with E-state index >= 15 is 0 Å². The van der Waals surface area contributed by atoms with Crippen molar-refractivity contribution in [1.29, 1.82) is 0 Å². The van der Waals surface area contributed by atoms with Crippen LogP contribution in [0.5, 0.6) is 0 Å². The van der Waals surface area contributed by atoms with Gasteiger partial charge in [-0.1, -0.05) is 0 Å². The standard InChI is InChI=1S/C11H13ClN4.H2O/c12-16-6-2-9-10(16)1-3-14-11(9)15-7-4-13-5-8-15;/h1-3,6,13H,4-5,7-8H2;1H2. The molecule has 0 aliphatic carbocycles. The molecule has 17 heavy (non-hydrogen) atoms. The molecule has 0 aromatic carbocycles. The maximum atomic E-state index is 6.04. The van der Waals surface area contributed by atoms with Crippen molar-refractivity contribution in [3.8, 4) is 0 Å². The van der Waals surface area contributed by atoms with Crippen LogP contribution in [0.3, 0.4) is 0 Å². The zero-order valence-electron chi connectivity index (χ0n) is 9.36. The third-order valence-electron chi connectivity index (χ3n) is 2.96. The Labute approximate surface area is 104 Å². The van der Waals surface area contributed by atoms with Gasteiger partial charge < -0.3 is 15.7 Å². The summed E-state index contributed by atoms with van der Waals surface area (Å²) in [5.74, 6) is 1.04. The third kappa shape index (κ3) is 2.09. The molecule has 0 amide bonds. The molecule has 92 valence electrons. The van der Waals surface area contributed by atoms with Crippen LogP contribution >= 0.6 is 11.8 Å². The lowest BCUT2D eigenvalue weighted by Crippen LogP contribution is -2.43. The summed E-state index contributed by atoms with van der Waals surface area (Å²) < 4.78 is 1.61. The molecule has 5 nitrogen and oxygen atoms in total. The molecule has 3 rings (SSSR count). The van der Waals surface area contributed by atoms with Gasteiger partial charge in [0, 0.05) is 55.7 Å². The van der Waals surface area contributed by atoms with Crippen LogP contribution in [0.4, 0.5) is 5.82 Å². The molecule has 1 fully saturated rings. The molecular formula is C11H15ClN4O. The highest BCUT2D eigenvalue weighted by molar-refractivity contribution is 6.19. The highest BCUT2D eigenvalue weighted by atomic mass is 35.5. The summed E-state index contributed by atoms with van der Waals surface area (Å²) in [6.07, 6.45) is 3.68. The second-order valence-electron chi connectivity index (χ2n) is 3.93. The van der Waals surface area contributed by atoms with E-state index in [0.717, 1.165) is 42.9 Å². The van der Waals surface area contributed by atoms with Gasteiger partial charge in [0.15, 0.2) is 0 Å². The van der Waals surface area contributed by atoms with Gasteiger partial charge in [0.1, 0.15) is 5.82 Å². The lowest BCUT2D eigenvalue weighted by atomic mass is 10.2. The van der Waals surface area contributed by atoms with Crippen LogP contribution in [0.25, 0.3) is 10.9 Å². The molecule has 2 aromatic heterocycles. The van der Waals surface area contributed by atoms with E-state index < -0.39 is 0 Å². The molecule has 0 spiro atoms. The number of pyridine rings is 1. The predicted molar refractivity (Wildman–Crippen MR) is 69.7 cm³/mol. The molecule has 1 aliphatic heterocycles. The van der Waals surface area contributed by atoms with E-state index in [-0.39, 0.29) is 5.48 Å². The Kier molecular flexibility index (Phi) is 3.51. The molecule has 1 aliphatic rings. The molecule has 3 heterocycles. The smallest absolute Gasteiger partial charge is 0.138 e. The number of hydrogen-bond donors (Lipinski definition) is 1. The van der Waals surface area contributed by atoms with Crippen molar-refractivity contribution in [2.45, 2.75) is 0 Å². The molecule has 0 saturated carbocycles. The van der Waals surface area contributed by atoms with Crippen LogP contribution in [0.15, 0.2) is 24.5 Å². The molecule has 6 heteroatoms. The highest BCUT2D eigenvalue weighted by Gasteiger charge is 2.15. The SMILES string of the molecule is Cln1ccc2c(N3CCNCC3)nccc21.O. The van der Waals surface area contributed by atoms with E-state index in [1.165, 1.54) is 0 Å². The van der Waals surface area contributed by atoms with Crippen LogP contribution in [-0.4, -0.2) is 40.7 Å². The van der Waals surface area contributed by atoms with Crippen LogP contribution in [0.1, 0.15) is 0 Å². The summed E-state index contributed by atoms with van der Waals surface area (Å²) in [5, 5.41) is 4.46. The van der Waals surface area contributed by atoms with Gasteiger partial charge in [0.2, 0.25) is 0 Å². The molecular weight excluding hydrogens is 240 g/mol. The minimum Gasteiger partial charge on any atom is -0.412 e. The van der Waals surface area contributed by atoms with Crippen molar-refractivity contribution >= 4 is 28.5 Å². The van der Waals surface area contributed by atoms with Crippen molar-refractivity contribution in [3.63, 3.8) is 0 Å². The van der Waals surface area contributed by atoms with E-state index in [0.29, 0.717) is 0 Å². The van der Waals surface area contributed by atoms with E-state index in [9.17, 15) is 0 Å². The Balaban J connectivity index is 0.00000108. The van der Waals surface area contributed by atoms with Gasteiger partial charge in [-0.25, -0.2) is 4.98 Å². The molecule has 0 unspecified atom stereocenters. The quantitative estimate of drug-likeness (QED) is 0.812. The predicted octanol–water partition coefficient (Wildman–Crippen LogP) is 0.623. The summed E-state index contributed by atoms with van der Waals surface area (Å²) in [5.41, 5.74) is 1.02. The number of fused-ring (bicyclic) bond motifs is 1. The van der Waals surface area contributed by atoms with Crippen molar-refractivity contribution in [3.05, 3.63) is 24.5 Å². The lowest BCUT2D eigenvalue weighted by molar-refractivity contribution is 0.586. The van der Waals surface area contributed by atoms with Crippen LogP contribution < -0.4 is 10.2 Å². The summed E-state index contributed by atoms with van der Waals surface area (Å²) in [7, 11) is 0. The molecule has 0 bridgehead atoms. The number of nitrogens with zero attached hydrogens (tertiary/aromatic N) is 3. The van der Waals surface area contributed by atoms with E-state index in [1.807, 2.05) is 24.5 Å². The number of aromatic nitrogens is 2. The van der Waals surface area contributed by atoms with Crippen LogP contribution in [0.2, 0.25) is 0 Å². The Bertz CT molecular complexity index is 507. The van der Waals surface area contributed by atoms with Gasteiger partial charge >= 0.3 is 0 Å². The van der Waals surface area contributed by atoms with Gasteiger partial charge in [0.05, 0.1) is 5.52 Å². The average molecular weight is 255 g/mol. The fraction of sp³-hybridized carbons (Fsp3) is 0.364. The first-order valence-corrected chi connectivity index (χ1v) is 5.78. The first kappa shape index (κ1) is 12.2. The Morgan fingerprint density at radius 3 is 2.76 bits per heavy atom. The molecule has 2 aromatic rings. The van der Waals surface area contributed by atoms with E-state index in [1.54, 1.807) is 4.09 Å². The Hall–Kier alpha value is -1.30. The first-order chi connectivity index (χ1) is 7.86. The minimum atomic E-state index is 0. The monoisotopic (exact) mass is 254 g/mol. The van der Waals surface area contributed by atoms with E-state index in [4.69, 9.17) is 11.8 Å². The molecule has 1 saturated heterocycles. The lowest BCUT2D eigenvalue weighted by Gasteiger charge is -2.28. The van der Waals surface area contributed by atoms with Gasteiger partial charge in [-0.05, 0) is 12.1 Å². The molecule has 0 atom stereocenters. The average Bonchev–Trinajstić information content (AvgIpc) is 2.73. The number of piperazine rings is 1. The zero-order valence-corrected chi connectivity index (χ0v) is 10.1. The first-order valence-electron chi connectivity index (χ1n) is 5.44. The number of hydrogen-bond acceptors (Lipinski definition) is 3. The highest BCUT2D eigenvalue weighted by Crippen LogP contribution is 2.26. The normalized spacial score (nSPS) is 15.9. The van der Waals surface area contributed by atoms with Crippen LogP contribution in [-0.2, 0) is 0 Å². The fourth-order valence-corrected chi connectivity index (χ4v) is 2.35. The van der Waals surface area contributed by atoms with Crippen molar-refractivity contribution in [2.24, 2.45) is 0 Å². The summed E-state index contributed by atoms with van der Waals surface area (Å²) in [6.45, 7) is 4.03. The van der Waals surface area contributed by atoms with Crippen molar-refractivity contribution in [2.75, 3.05) is 31.1 Å². The number of anilines is 1. The Morgan fingerprint density at radius 2 is 2.00 bits per heavy atom. The van der Waals surface area contributed by atoms with Gasteiger partial charge in [0.25, 0.3) is 0 Å². The number of halogens is 1. The second kappa shape index (κ2) is 4.91. The Morgan fingerprint density at radius 1 is 1.24 bits per heavy atom. The van der Waals surface area contributed by atoms with Gasteiger partial charge in [-0.2, -0.15) is 0 Å². The maximum absolute atomic E-state index is 6.04. The second-order valence-corrected chi connectivity index (χ2v) is 4.30. The summed E-state index contributed by atoms with van der Waals surface area (Å²) in [4.78, 5) is 6.77. The minimum absolute atomic E-state index is 0. The van der Waals surface area contributed by atoms with Crippen molar-refractivity contribution < 1.29 is 5.48 Å². The topological polar surface area (TPSA) is 64.6 Å². The van der Waals surface area contributed by atoms with Gasteiger partial charge in [-0.3, -0.25) is 4.09 Å². The summed E-state index contributed by atoms with van der Waals surface area (Å²) in [6, 6.07) is 3.96. The number of rotatable bonds is 1. The third-order valence-corrected chi connectivity index (χ3v) is 3.26.